The normalized spacial score (nSPS) is 14.2. The Morgan fingerprint density at radius 1 is 1.33 bits per heavy atom. The monoisotopic (exact) mass is 235 g/mol. The second-order valence-corrected chi connectivity index (χ2v) is 6.10. The van der Waals surface area contributed by atoms with Crippen molar-refractivity contribution in [3.63, 3.8) is 0 Å². The SMILES string of the molecule is CCCS(=O)(=O)NC(CC(C)C)C(C)=O. The minimum atomic E-state index is -3.29. The summed E-state index contributed by atoms with van der Waals surface area (Å²) in [4.78, 5) is 11.2. The van der Waals surface area contributed by atoms with Crippen molar-refractivity contribution < 1.29 is 13.2 Å². The highest BCUT2D eigenvalue weighted by Gasteiger charge is 2.21. The van der Waals surface area contributed by atoms with Crippen molar-refractivity contribution in [2.24, 2.45) is 5.92 Å². The number of hydrogen-bond donors (Lipinski definition) is 1. The maximum absolute atomic E-state index is 11.5. The van der Waals surface area contributed by atoms with E-state index in [1.165, 1.54) is 6.92 Å². The molecule has 5 heteroatoms. The van der Waals surface area contributed by atoms with Crippen molar-refractivity contribution in [2.45, 2.75) is 46.6 Å². The summed E-state index contributed by atoms with van der Waals surface area (Å²) in [6, 6.07) is -0.568. The lowest BCUT2D eigenvalue weighted by Crippen LogP contribution is -2.41. The molecule has 1 atom stereocenters. The van der Waals surface area contributed by atoms with E-state index < -0.39 is 16.1 Å². The van der Waals surface area contributed by atoms with E-state index in [4.69, 9.17) is 0 Å². The summed E-state index contributed by atoms with van der Waals surface area (Å²) >= 11 is 0. The van der Waals surface area contributed by atoms with Crippen molar-refractivity contribution in [1.29, 1.82) is 0 Å². The van der Waals surface area contributed by atoms with Crippen LogP contribution in [0.25, 0.3) is 0 Å². The summed E-state index contributed by atoms with van der Waals surface area (Å²) in [7, 11) is -3.29. The molecule has 0 amide bonds. The van der Waals surface area contributed by atoms with E-state index in [9.17, 15) is 13.2 Å². The predicted octanol–water partition coefficient (Wildman–Crippen LogP) is 1.32. The summed E-state index contributed by atoms with van der Waals surface area (Å²) in [5.41, 5.74) is 0. The largest absolute Gasteiger partial charge is 0.298 e. The summed E-state index contributed by atoms with van der Waals surface area (Å²) < 4.78 is 25.4. The molecule has 0 aliphatic rings. The van der Waals surface area contributed by atoms with E-state index in [0.29, 0.717) is 18.8 Å². The van der Waals surface area contributed by atoms with Crippen molar-refractivity contribution in [2.75, 3.05) is 5.75 Å². The molecule has 1 unspecified atom stereocenters. The first kappa shape index (κ1) is 14.6. The number of sulfonamides is 1. The second-order valence-electron chi connectivity index (χ2n) is 4.23. The summed E-state index contributed by atoms with van der Waals surface area (Å²) in [5, 5.41) is 0. The van der Waals surface area contributed by atoms with Crippen LogP contribution in [0.5, 0.6) is 0 Å². The van der Waals surface area contributed by atoms with Crippen molar-refractivity contribution in [1.82, 2.24) is 4.72 Å². The Morgan fingerprint density at radius 2 is 1.87 bits per heavy atom. The first-order valence-corrected chi connectivity index (χ1v) is 6.94. The van der Waals surface area contributed by atoms with Crippen LogP contribution in [0, 0.1) is 5.92 Å². The van der Waals surface area contributed by atoms with Gasteiger partial charge in [0.15, 0.2) is 0 Å². The minimum absolute atomic E-state index is 0.0782. The first-order valence-electron chi connectivity index (χ1n) is 5.29. The van der Waals surface area contributed by atoms with Gasteiger partial charge >= 0.3 is 0 Å². The smallest absolute Gasteiger partial charge is 0.212 e. The van der Waals surface area contributed by atoms with Gasteiger partial charge in [0.25, 0.3) is 0 Å². The van der Waals surface area contributed by atoms with E-state index in [2.05, 4.69) is 4.72 Å². The van der Waals surface area contributed by atoms with Crippen molar-refractivity contribution >= 4 is 15.8 Å². The molecule has 0 fully saturated rings. The van der Waals surface area contributed by atoms with Gasteiger partial charge in [0.05, 0.1) is 11.8 Å². The van der Waals surface area contributed by atoms with Gasteiger partial charge in [0.2, 0.25) is 10.0 Å². The van der Waals surface area contributed by atoms with Crippen LogP contribution >= 0.6 is 0 Å². The van der Waals surface area contributed by atoms with Crippen LogP contribution in [-0.2, 0) is 14.8 Å². The lowest BCUT2D eigenvalue weighted by Gasteiger charge is -2.17. The van der Waals surface area contributed by atoms with Crippen LogP contribution in [0.3, 0.4) is 0 Å². The van der Waals surface area contributed by atoms with Crippen LogP contribution < -0.4 is 4.72 Å². The van der Waals surface area contributed by atoms with E-state index >= 15 is 0 Å². The third-order valence-corrected chi connectivity index (χ3v) is 3.58. The average molecular weight is 235 g/mol. The molecule has 0 aromatic carbocycles. The number of ketones is 1. The van der Waals surface area contributed by atoms with E-state index in [-0.39, 0.29) is 11.5 Å². The van der Waals surface area contributed by atoms with Crippen LogP contribution in [0.1, 0.15) is 40.5 Å². The third-order valence-electron chi connectivity index (χ3n) is 1.99. The van der Waals surface area contributed by atoms with Crippen LogP contribution in [0.2, 0.25) is 0 Å². The number of Topliss-reactive ketones (excluding diaryl/α,β-unsaturated/α-hetero) is 1. The van der Waals surface area contributed by atoms with Crippen LogP contribution in [0.4, 0.5) is 0 Å². The molecule has 0 aliphatic heterocycles. The van der Waals surface area contributed by atoms with Gasteiger partial charge in [0, 0.05) is 0 Å². The molecule has 0 spiro atoms. The van der Waals surface area contributed by atoms with E-state index in [1.54, 1.807) is 6.92 Å². The summed E-state index contributed by atoms with van der Waals surface area (Å²) in [6.45, 7) is 7.14. The lowest BCUT2D eigenvalue weighted by molar-refractivity contribution is -0.118. The zero-order chi connectivity index (χ0) is 12.1. The van der Waals surface area contributed by atoms with Gasteiger partial charge in [0.1, 0.15) is 5.78 Å². The zero-order valence-electron chi connectivity index (χ0n) is 9.91. The second kappa shape index (κ2) is 6.23. The molecule has 0 rings (SSSR count). The fraction of sp³-hybridized carbons (Fsp3) is 0.900. The highest BCUT2D eigenvalue weighted by Crippen LogP contribution is 2.07. The van der Waals surface area contributed by atoms with Crippen molar-refractivity contribution in [3.05, 3.63) is 0 Å². The Hall–Kier alpha value is -0.420. The van der Waals surface area contributed by atoms with E-state index in [1.807, 2.05) is 13.8 Å². The van der Waals surface area contributed by atoms with E-state index in [0.717, 1.165) is 0 Å². The van der Waals surface area contributed by atoms with Crippen molar-refractivity contribution in [3.8, 4) is 0 Å². The van der Waals surface area contributed by atoms with Gasteiger partial charge in [-0.2, -0.15) is 0 Å². The Kier molecular flexibility index (Phi) is 6.05. The fourth-order valence-electron chi connectivity index (χ4n) is 1.31. The molecule has 0 heterocycles. The van der Waals surface area contributed by atoms with Gasteiger partial charge in [-0.1, -0.05) is 20.8 Å². The molecule has 1 N–H and O–H groups in total. The maximum atomic E-state index is 11.5. The highest BCUT2D eigenvalue weighted by atomic mass is 32.2. The Bertz CT molecular complexity index is 296. The molecule has 0 aromatic heterocycles. The average Bonchev–Trinajstić information content (AvgIpc) is 2.00. The van der Waals surface area contributed by atoms with Gasteiger partial charge in [-0.25, -0.2) is 13.1 Å². The molecule has 4 nitrogen and oxygen atoms in total. The third kappa shape index (κ3) is 6.62. The van der Waals surface area contributed by atoms with Crippen LogP contribution in [0.15, 0.2) is 0 Å². The minimum Gasteiger partial charge on any atom is -0.298 e. The van der Waals surface area contributed by atoms with Gasteiger partial charge in [-0.05, 0) is 25.7 Å². The highest BCUT2D eigenvalue weighted by molar-refractivity contribution is 7.89. The summed E-state index contributed by atoms with van der Waals surface area (Å²) in [6.07, 6.45) is 1.11. The molecule has 90 valence electrons. The van der Waals surface area contributed by atoms with Gasteiger partial charge < -0.3 is 0 Å². The Balaban J connectivity index is 4.48. The van der Waals surface area contributed by atoms with Crippen LogP contribution in [-0.4, -0.2) is 26.0 Å². The quantitative estimate of drug-likeness (QED) is 0.724. The molecule has 0 radical (unpaired) electrons. The zero-order valence-corrected chi connectivity index (χ0v) is 10.7. The Labute approximate surface area is 92.5 Å². The first-order chi connectivity index (χ1) is 6.78. The maximum Gasteiger partial charge on any atom is 0.212 e. The standard InChI is InChI=1S/C10H21NO3S/c1-5-6-15(13,14)11-10(9(4)12)7-8(2)3/h8,10-11H,5-7H2,1-4H3. The molecule has 0 bridgehead atoms. The number of hydrogen-bond acceptors (Lipinski definition) is 3. The summed E-state index contributed by atoms with van der Waals surface area (Å²) in [5.74, 6) is 0.251. The van der Waals surface area contributed by atoms with Gasteiger partial charge in [-0.3, -0.25) is 4.79 Å². The topological polar surface area (TPSA) is 63.2 Å². The Morgan fingerprint density at radius 3 is 2.20 bits per heavy atom. The number of carbonyl (C=O) groups is 1. The molecule has 0 saturated heterocycles. The van der Waals surface area contributed by atoms with Gasteiger partial charge in [-0.15, -0.1) is 0 Å². The molecule has 0 aliphatic carbocycles. The predicted molar refractivity (Wildman–Crippen MR) is 61.1 cm³/mol. The number of carbonyl (C=O) groups excluding carboxylic acids is 1. The fourth-order valence-corrected chi connectivity index (χ4v) is 2.66. The molecular weight excluding hydrogens is 214 g/mol. The molecule has 0 aromatic rings. The molecule has 15 heavy (non-hydrogen) atoms. The molecule has 0 saturated carbocycles. The lowest BCUT2D eigenvalue weighted by atomic mass is 10.0. The molecular formula is C10H21NO3S. The number of rotatable bonds is 7. The number of nitrogens with one attached hydrogen (secondary N) is 1.